The summed E-state index contributed by atoms with van der Waals surface area (Å²) in [5.74, 6) is -1.03. The van der Waals surface area contributed by atoms with E-state index in [0.717, 1.165) is 0 Å². The number of primary amides is 1. The second-order valence-electron chi connectivity index (χ2n) is 4.58. The number of benzene rings is 1. The van der Waals surface area contributed by atoms with Crippen molar-refractivity contribution in [3.8, 4) is 11.8 Å². The Morgan fingerprint density at radius 1 is 1.30 bits per heavy atom. The lowest BCUT2D eigenvalue weighted by molar-refractivity contribution is -0.145. The third kappa shape index (κ3) is 3.06. The second kappa shape index (κ2) is 6.06. The minimum atomic E-state index is -0.931. The summed E-state index contributed by atoms with van der Waals surface area (Å²) < 4.78 is 5.79. The molecule has 6 heteroatoms. The van der Waals surface area contributed by atoms with Crippen molar-refractivity contribution in [2.45, 2.75) is 18.9 Å². The number of carbonyl (C=O) groups is 2. The van der Waals surface area contributed by atoms with Crippen LogP contribution >= 0.6 is 0 Å². The van der Waals surface area contributed by atoms with Crippen LogP contribution in [-0.4, -0.2) is 35.9 Å². The van der Waals surface area contributed by atoms with Crippen molar-refractivity contribution in [2.24, 2.45) is 5.73 Å². The number of nitriles is 1. The van der Waals surface area contributed by atoms with Gasteiger partial charge in [-0.05, 0) is 12.1 Å². The van der Waals surface area contributed by atoms with Gasteiger partial charge in [-0.1, -0.05) is 12.1 Å². The summed E-state index contributed by atoms with van der Waals surface area (Å²) in [6.45, 7) is 0.863. The average Bonchev–Trinajstić information content (AvgIpc) is 2.48. The van der Waals surface area contributed by atoms with Gasteiger partial charge in [-0.25, -0.2) is 0 Å². The Morgan fingerprint density at radius 3 is 2.55 bits per heavy atom. The van der Waals surface area contributed by atoms with Crippen LogP contribution < -0.4 is 10.5 Å². The smallest absolute Gasteiger partial charge is 0.311 e. The number of para-hydroxylation sites is 1. The number of ether oxygens (including phenoxy) is 1. The molecule has 0 bridgehead atoms. The summed E-state index contributed by atoms with van der Waals surface area (Å²) in [5, 5.41) is 8.99. The molecule has 0 aliphatic carbocycles. The highest BCUT2D eigenvalue weighted by atomic mass is 16.5. The molecule has 1 aromatic rings. The van der Waals surface area contributed by atoms with Crippen LogP contribution in [0, 0.1) is 11.3 Å². The number of rotatable bonds is 2. The lowest BCUT2D eigenvalue weighted by Gasteiger charge is -2.31. The molecule has 2 N–H and O–H groups in total. The minimum Gasteiger partial charge on any atom is -0.489 e. The molecule has 20 heavy (non-hydrogen) atoms. The SMILES string of the molecule is N#Cc1ccccc1OC1CCN(C(=O)C(N)=O)CC1. The summed E-state index contributed by atoms with van der Waals surface area (Å²) in [6, 6.07) is 9.11. The molecule has 1 aromatic carbocycles. The maximum absolute atomic E-state index is 11.4. The Bertz CT molecular complexity index is 557. The van der Waals surface area contributed by atoms with E-state index in [1.165, 1.54) is 4.90 Å². The van der Waals surface area contributed by atoms with Crippen molar-refractivity contribution in [3.63, 3.8) is 0 Å². The van der Waals surface area contributed by atoms with E-state index < -0.39 is 11.8 Å². The molecule has 0 aromatic heterocycles. The zero-order valence-electron chi connectivity index (χ0n) is 10.9. The fourth-order valence-electron chi connectivity index (χ4n) is 2.17. The van der Waals surface area contributed by atoms with E-state index in [4.69, 9.17) is 15.7 Å². The predicted molar refractivity (Wildman–Crippen MR) is 70.6 cm³/mol. The molecule has 104 valence electrons. The van der Waals surface area contributed by atoms with Gasteiger partial charge in [0.25, 0.3) is 0 Å². The van der Waals surface area contributed by atoms with E-state index in [1.54, 1.807) is 18.2 Å². The van der Waals surface area contributed by atoms with Gasteiger partial charge in [-0.2, -0.15) is 5.26 Å². The van der Waals surface area contributed by atoms with Crippen molar-refractivity contribution >= 4 is 11.8 Å². The molecule has 1 saturated heterocycles. The molecule has 0 unspecified atom stereocenters. The molecule has 0 spiro atoms. The van der Waals surface area contributed by atoms with Crippen molar-refractivity contribution in [2.75, 3.05) is 13.1 Å². The standard InChI is InChI=1S/C14H15N3O3/c15-9-10-3-1-2-4-12(10)20-11-5-7-17(8-6-11)14(19)13(16)18/h1-4,11H,5-8H2,(H2,16,18). The van der Waals surface area contributed by atoms with Gasteiger partial charge in [0.1, 0.15) is 17.9 Å². The normalized spacial score (nSPS) is 15.4. The largest absolute Gasteiger partial charge is 0.489 e. The lowest BCUT2D eigenvalue weighted by atomic mass is 10.1. The number of piperidine rings is 1. The van der Waals surface area contributed by atoms with E-state index in [0.29, 0.717) is 37.2 Å². The summed E-state index contributed by atoms with van der Waals surface area (Å²) in [4.78, 5) is 23.7. The topological polar surface area (TPSA) is 96.4 Å². The highest BCUT2D eigenvalue weighted by Gasteiger charge is 2.26. The van der Waals surface area contributed by atoms with Crippen LogP contribution in [0.15, 0.2) is 24.3 Å². The second-order valence-corrected chi connectivity index (χ2v) is 4.58. The summed E-state index contributed by atoms with van der Waals surface area (Å²) in [7, 11) is 0. The van der Waals surface area contributed by atoms with Crippen LogP contribution in [0.25, 0.3) is 0 Å². The third-order valence-corrected chi connectivity index (χ3v) is 3.24. The first-order chi connectivity index (χ1) is 9.61. The molecule has 1 aliphatic heterocycles. The van der Waals surface area contributed by atoms with Crippen molar-refractivity contribution in [3.05, 3.63) is 29.8 Å². The lowest BCUT2D eigenvalue weighted by Crippen LogP contribution is -2.46. The molecule has 6 nitrogen and oxygen atoms in total. The van der Waals surface area contributed by atoms with Crippen LogP contribution in [0.1, 0.15) is 18.4 Å². The molecule has 1 aliphatic rings. The van der Waals surface area contributed by atoms with Crippen molar-refractivity contribution in [1.82, 2.24) is 4.90 Å². The van der Waals surface area contributed by atoms with E-state index in [1.807, 2.05) is 6.07 Å². The van der Waals surface area contributed by atoms with Crippen LogP contribution in [0.3, 0.4) is 0 Å². The molecular formula is C14H15N3O3. The zero-order chi connectivity index (χ0) is 14.5. The molecule has 0 atom stereocenters. The van der Waals surface area contributed by atoms with Gasteiger partial charge in [-0.15, -0.1) is 0 Å². The van der Waals surface area contributed by atoms with Gasteiger partial charge in [0.2, 0.25) is 0 Å². The monoisotopic (exact) mass is 273 g/mol. The molecule has 2 amide bonds. The first kappa shape index (κ1) is 13.9. The van der Waals surface area contributed by atoms with E-state index in [-0.39, 0.29) is 6.10 Å². The third-order valence-electron chi connectivity index (χ3n) is 3.24. The van der Waals surface area contributed by atoms with Gasteiger partial charge >= 0.3 is 11.8 Å². The molecule has 1 heterocycles. The molecule has 2 rings (SSSR count). The Hall–Kier alpha value is -2.55. The fraction of sp³-hybridized carbons (Fsp3) is 0.357. The van der Waals surface area contributed by atoms with Crippen LogP contribution in [0.5, 0.6) is 5.75 Å². The van der Waals surface area contributed by atoms with E-state index in [2.05, 4.69) is 6.07 Å². The maximum Gasteiger partial charge on any atom is 0.311 e. The zero-order valence-corrected chi connectivity index (χ0v) is 10.9. The number of hydrogen-bond acceptors (Lipinski definition) is 4. The maximum atomic E-state index is 11.4. The van der Waals surface area contributed by atoms with Crippen molar-refractivity contribution < 1.29 is 14.3 Å². The Balaban J connectivity index is 1.94. The number of likely N-dealkylation sites (tertiary alicyclic amines) is 1. The first-order valence-corrected chi connectivity index (χ1v) is 6.36. The van der Waals surface area contributed by atoms with Crippen LogP contribution in [0.4, 0.5) is 0 Å². The highest BCUT2D eigenvalue weighted by Crippen LogP contribution is 2.22. The Labute approximate surface area is 116 Å². The first-order valence-electron chi connectivity index (χ1n) is 6.36. The Morgan fingerprint density at radius 2 is 1.95 bits per heavy atom. The van der Waals surface area contributed by atoms with Gasteiger partial charge < -0.3 is 15.4 Å². The number of nitrogens with zero attached hydrogens (tertiary/aromatic N) is 2. The number of hydrogen-bond donors (Lipinski definition) is 1. The minimum absolute atomic E-state index is 0.0681. The summed E-state index contributed by atoms with van der Waals surface area (Å²) >= 11 is 0. The molecule has 0 radical (unpaired) electrons. The fourth-order valence-corrected chi connectivity index (χ4v) is 2.17. The van der Waals surface area contributed by atoms with Gasteiger partial charge in [0.15, 0.2) is 0 Å². The average molecular weight is 273 g/mol. The van der Waals surface area contributed by atoms with Crippen molar-refractivity contribution in [1.29, 1.82) is 5.26 Å². The van der Waals surface area contributed by atoms with Crippen LogP contribution in [0.2, 0.25) is 0 Å². The molecule has 0 saturated carbocycles. The van der Waals surface area contributed by atoms with Gasteiger partial charge in [0.05, 0.1) is 5.56 Å². The number of nitrogens with two attached hydrogens (primary N) is 1. The van der Waals surface area contributed by atoms with Gasteiger partial charge in [-0.3, -0.25) is 9.59 Å². The molecule has 1 fully saturated rings. The molecular weight excluding hydrogens is 258 g/mol. The Kier molecular flexibility index (Phi) is 4.20. The van der Waals surface area contributed by atoms with Crippen LogP contribution in [-0.2, 0) is 9.59 Å². The predicted octanol–water partition coefficient (Wildman–Crippen LogP) is 0.413. The number of carbonyl (C=O) groups excluding carboxylic acids is 2. The number of amides is 2. The highest BCUT2D eigenvalue weighted by molar-refractivity contribution is 6.34. The summed E-state index contributed by atoms with van der Waals surface area (Å²) in [6.07, 6.45) is 1.15. The van der Waals surface area contributed by atoms with Gasteiger partial charge in [0, 0.05) is 25.9 Å². The quantitative estimate of drug-likeness (QED) is 0.789. The van der Waals surface area contributed by atoms with E-state index in [9.17, 15) is 9.59 Å². The summed E-state index contributed by atoms with van der Waals surface area (Å²) in [5.41, 5.74) is 5.45. The van der Waals surface area contributed by atoms with E-state index >= 15 is 0 Å².